The molecule has 0 saturated carbocycles. The van der Waals surface area contributed by atoms with Crippen LogP contribution in [0.15, 0.2) is 42.5 Å². The standard InChI is InChI=1S/C24H29N5O2/c1-14-6-5-7-18(10-14)12-20(29-24(31)22-15(2)11-16(3)27-22)23(30)26-13-19-8-9-21(25)28-17(19)4/h5-11,20,27H,12-13H2,1-4H3,(H2,25,28)(H,26,30)(H,29,31)/t20-/m0/s1. The highest BCUT2D eigenvalue weighted by Crippen LogP contribution is 2.12. The van der Waals surface area contributed by atoms with Crippen molar-refractivity contribution in [2.45, 2.75) is 46.7 Å². The molecule has 0 aliphatic rings. The number of nitrogens with zero attached hydrogens (tertiary/aromatic N) is 1. The van der Waals surface area contributed by atoms with Crippen LogP contribution in [-0.4, -0.2) is 27.8 Å². The number of nitrogens with one attached hydrogen (secondary N) is 3. The molecule has 2 heterocycles. The average molecular weight is 420 g/mol. The van der Waals surface area contributed by atoms with Crippen molar-refractivity contribution in [3.05, 3.63) is 81.8 Å². The summed E-state index contributed by atoms with van der Waals surface area (Å²) in [5.74, 6) is -0.121. The fourth-order valence-electron chi connectivity index (χ4n) is 3.58. The normalized spacial score (nSPS) is 11.7. The Hall–Kier alpha value is -3.61. The summed E-state index contributed by atoms with van der Waals surface area (Å²) < 4.78 is 0. The van der Waals surface area contributed by atoms with E-state index in [2.05, 4.69) is 20.6 Å². The number of nitrogens with two attached hydrogens (primary N) is 1. The largest absolute Gasteiger partial charge is 0.384 e. The van der Waals surface area contributed by atoms with E-state index in [0.29, 0.717) is 24.5 Å². The maximum Gasteiger partial charge on any atom is 0.268 e. The van der Waals surface area contributed by atoms with Gasteiger partial charge < -0.3 is 21.4 Å². The maximum absolute atomic E-state index is 13.1. The lowest BCUT2D eigenvalue weighted by Crippen LogP contribution is -2.48. The molecule has 3 rings (SSSR count). The molecule has 5 N–H and O–H groups in total. The highest BCUT2D eigenvalue weighted by Gasteiger charge is 2.23. The van der Waals surface area contributed by atoms with E-state index < -0.39 is 6.04 Å². The van der Waals surface area contributed by atoms with Crippen LogP contribution in [0.5, 0.6) is 0 Å². The summed E-state index contributed by atoms with van der Waals surface area (Å²) in [5.41, 5.74) is 11.6. The lowest BCUT2D eigenvalue weighted by molar-refractivity contribution is -0.123. The number of carbonyl (C=O) groups is 2. The van der Waals surface area contributed by atoms with Crippen molar-refractivity contribution in [1.29, 1.82) is 0 Å². The minimum atomic E-state index is -0.723. The van der Waals surface area contributed by atoms with Crippen molar-refractivity contribution >= 4 is 17.6 Å². The summed E-state index contributed by atoms with van der Waals surface area (Å²) in [6.45, 7) is 7.91. The number of pyridine rings is 1. The van der Waals surface area contributed by atoms with Gasteiger partial charge >= 0.3 is 0 Å². The fourth-order valence-corrected chi connectivity index (χ4v) is 3.58. The molecule has 2 amide bonds. The van der Waals surface area contributed by atoms with E-state index in [0.717, 1.165) is 33.6 Å². The number of aryl methyl sites for hydroxylation is 4. The minimum absolute atomic E-state index is 0.257. The summed E-state index contributed by atoms with van der Waals surface area (Å²) in [4.78, 5) is 33.2. The lowest BCUT2D eigenvalue weighted by atomic mass is 10.0. The molecule has 1 aromatic carbocycles. The topological polar surface area (TPSA) is 113 Å². The quantitative estimate of drug-likeness (QED) is 0.472. The van der Waals surface area contributed by atoms with Gasteiger partial charge in [-0.25, -0.2) is 4.98 Å². The predicted octanol–water partition coefficient (Wildman–Crippen LogP) is 2.88. The molecule has 162 valence electrons. The molecule has 0 saturated heterocycles. The van der Waals surface area contributed by atoms with Crippen LogP contribution in [0.2, 0.25) is 0 Å². The molecule has 0 unspecified atom stereocenters. The smallest absolute Gasteiger partial charge is 0.268 e. The summed E-state index contributed by atoms with van der Waals surface area (Å²) in [7, 11) is 0. The van der Waals surface area contributed by atoms with Gasteiger partial charge in [0.1, 0.15) is 17.6 Å². The first kappa shape index (κ1) is 22.1. The predicted molar refractivity (Wildman–Crippen MR) is 122 cm³/mol. The Morgan fingerprint density at radius 2 is 1.87 bits per heavy atom. The van der Waals surface area contributed by atoms with Crippen LogP contribution in [0.4, 0.5) is 5.82 Å². The van der Waals surface area contributed by atoms with Crippen molar-refractivity contribution in [2.75, 3.05) is 5.73 Å². The fraction of sp³-hybridized carbons (Fsp3) is 0.292. The second-order valence-corrected chi connectivity index (χ2v) is 7.93. The number of nitrogen functional groups attached to an aromatic ring is 1. The van der Waals surface area contributed by atoms with E-state index in [9.17, 15) is 9.59 Å². The molecule has 0 fully saturated rings. The van der Waals surface area contributed by atoms with E-state index in [1.54, 1.807) is 6.07 Å². The number of hydrogen-bond donors (Lipinski definition) is 4. The van der Waals surface area contributed by atoms with E-state index in [1.165, 1.54) is 0 Å². The van der Waals surface area contributed by atoms with Gasteiger partial charge in [-0.1, -0.05) is 35.9 Å². The molecule has 7 nitrogen and oxygen atoms in total. The van der Waals surface area contributed by atoms with Crippen molar-refractivity contribution < 1.29 is 9.59 Å². The molecule has 31 heavy (non-hydrogen) atoms. The highest BCUT2D eigenvalue weighted by molar-refractivity contribution is 5.97. The van der Waals surface area contributed by atoms with Gasteiger partial charge in [0.15, 0.2) is 0 Å². The Labute approximate surface area is 182 Å². The minimum Gasteiger partial charge on any atom is -0.384 e. The SMILES string of the molecule is Cc1cccc(C[C@H](NC(=O)c2[nH]c(C)cc2C)C(=O)NCc2ccc(N)nc2C)c1. The number of hydrogen-bond acceptors (Lipinski definition) is 4. The third-order valence-corrected chi connectivity index (χ3v) is 5.19. The molecule has 1 atom stereocenters. The number of amides is 2. The van der Waals surface area contributed by atoms with Crippen molar-refractivity contribution in [3.63, 3.8) is 0 Å². The zero-order valence-electron chi connectivity index (χ0n) is 18.4. The molecule has 7 heteroatoms. The van der Waals surface area contributed by atoms with Crippen LogP contribution < -0.4 is 16.4 Å². The van der Waals surface area contributed by atoms with Crippen molar-refractivity contribution in [1.82, 2.24) is 20.6 Å². The molecule has 0 aliphatic heterocycles. The first-order valence-corrected chi connectivity index (χ1v) is 10.2. The van der Waals surface area contributed by atoms with Gasteiger partial charge in [0, 0.05) is 24.4 Å². The van der Waals surface area contributed by atoms with Crippen molar-refractivity contribution in [3.8, 4) is 0 Å². The molecule has 3 aromatic rings. The molecular formula is C24H29N5O2. The van der Waals surface area contributed by atoms with Gasteiger partial charge in [0.05, 0.1) is 0 Å². The number of aromatic amines is 1. The van der Waals surface area contributed by atoms with Crippen LogP contribution in [0.25, 0.3) is 0 Å². The molecule has 0 aliphatic carbocycles. The third kappa shape index (κ3) is 5.72. The molecule has 0 spiro atoms. The first-order valence-electron chi connectivity index (χ1n) is 10.2. The van der Waals surface area contributed by atoms with Crippen LogP contribution in [0.1, 0.15) is 44.1 Å². The molecular weight excluding hydrogens is 390 g/mol. The van der Waals surface area contributed by atoms with E-state index in [-0.39, 0.29) is 11.8 Å². The van der Waals surface area contributed by atoms with Gasteiger partial charge in [-0.2, -0.15) is 0 Å². The third-order valence-electron chi connectivity index (χ3n) is 5.19. The first-order chi connectivity index (χ1) is 14.7. The van der Waals surface area contributed by atoms with Crippen LogP contribution in [0.3, 0.4) is 0 Å². The highest BCUT2D eigenvalue weighted by atomic mass is 16.2. The molecule has 0 bridgehead atoms. The monoisotopic (exact) mass is 419 g/mol. The second kappa shape index (κ2) is 9.47. The number of benzene rings is 1. The Morgan fingerprint density at radius 1 is 1.10 bits per heavy atom. The van der Waals surface area contributed by atoms with Gasteiger partial charge in [0.25, 0.3) is 5.91 Å². The number of carbonyl (C=O) groups excluding carboxylic acids is 2. The summed E-state index contributed by atoms with van der Waals surface area (Å²) >= 11 is 0. The zero-order chi connectivity index (χ0) is 22.5. The summed E-state index contributed by atoms with van der Waals surface area (Å²) in [6.07, 6.45) is 0.386. The molecule has 2 aromatic heterocycles. The van der Waals surface area contributed by atoms with Crippen LogP contribution in [-0.2, 0) is 17.8 Å². The number of aromatic nitrogens is 2. The Kier molecular flexibility index (Phi) is 6.74. The van der Waals surface area contributed by atoms with E-state index >= 15 is 0 Å². The maximum atomic E-state index is 13.1. The average Bonchev–Trinajstić information content (AvgIpc) is 3.04. The summed E-state index contributed by atoms with van der Waals surface area (Å²) in [5, 5.41) is 5.82. The lowest BCUT2D eigenvalue weighted by Gasteiger charge is -2.19. The van der Waals surface area contributed by atoms with Gasteiger partial charge in [-0.15, -0.1) is 0 Å². The van der Waals surface area contributed by atoms with Crippen LogP contribution in [0, 0.1) is 27.7 Å². The van der Waals surface area contributed by atoms with Crippen molar-refractivity contribution in [2.24, 2.45) is 0 Å². The van der Waals surface area contributed by atoms with Gasteiger partial charge in [0.2, 0.25) is 5.91 Å². The molecule has 0 radical (unpaired) electrons. The number of anilines is 1. The number of rotatable bonds is 7. The van der Waals surface area contributed by atoms with Crippen LogP contribution >= 0.6 is 0 Å². The second-order valence-electron chi connectivity index (χ2n) is 7.93. The van der Waals surface area contributed by atoms with Gasteiger partial charge in [-0.3, -0.25) is 9.59 Å². The Morgan fingerprint density at radius 3 is 2.52 bits per heavy atom. The van der Waals surface area contributed by atoms with E-state index in [4.69, 9.17) is 5.73 Å². The Balaban J connectivity index is 1.77. The summed E-state index contributed by atoms with van der Waals surface area (Å²) in [6, 6.07) is 12.7. The number of H-pyrrole nitrogens is 1. The van der Waals surface area contributed by atoms with Gasteiger partial charge in [-0.05, 0) is 56.5 Å². The Bertz CT molecular complexity index is 1100. The zero-order valence-corrected chi connectivity index (χ0v) is 18.4. The van der Waals surface area contributed by atoms with E-state index in [1.807, 2.05) is 64.1 Å².